The van der Waals surface area contributed by atoms with Gasteiger partial charge in [-0.2, -0.15) is 0 Å². The topological polar surface area (TPSA) is 63.6 Å². The van der Waals surface area contributed by atoms with Crippen LogP contribution in [-0.4, -0.2) is 32.2 Å². The second kappa shape index (κ2) is 6.01. The molecular weight excluding hydrogens is 310 g/mol. The van der Waals surface area contributed by atoms with Crippen LogP contribution < -0.4 is 5.32 Å². The highest BCUT2D eigenvalue weighted by Gasteiger charge is 2.41. The van der Waals surface area contributed by atoms with Crippen molar-refractivity contribution in [1.29, 1.82) is 0 Å². The van der Waals surface area contributed by atoms with Crippen molar-refractivity contribution in [2.75, 3.05) is 0 Å². The van der Waals surface area contributed by atoms with Crippen molar-refractivity contribution < 1.29 is 0 Å². The summed E-state index contributed by atoms with van der Waals surface area (Å²) in [5.41, 5.74) is 4.73. The number of nitrogens with one attached hydrogen (secondary N) is 1. The molecule has 0 spiro atoms. The summed E-state index contributed by atoms with van der Waals surface area (Å²) in [6.07, 6.45) is 7.29. The summed E-state index contributed by atoms with van der Waals surface area (Å²) < 4.78 is 0. The molecule has 5 heteroatoms. The van der Waals surface area contributed by atoms with Gasteiger partial charge >= 0.3 is 0 Å². The van der Waals surface area contributed by atoms with Gasteiger partial charge in [0.15, 0.2) is 0 Å². The van der Waals surface area contributed by atoms with E-state index < -0.39 is 0 Å². The zero-order valence-electron chi connectivity index (χ0n) is 13.8. The molecule has 2 fully saturated rings. The Bertz CT molecular complexity index is 881. The molecule has 2 aliphatic rings. The second-order valence-electron chi connectivity index (χ2n) is 6.85. The Labute approximate surface area is 146 Å². The van der Waals surface area contributed by atoms with E-state index in [4.69, 9.17) is 0 Å². The molecule has 0 saturated carbocycles. The van der Waals surface area contributed by atoms with Crippen molar-refractivity contribution in [1.82, 2.24) is 25.5 Å². The van der Waals surface area contributed by atoms with Gasteiger partial charge in [-0.25, -0.2) is 0 Å². The fourth-order valence-electron chi connectivity index (χ4n) is 4.20. The average molecular weight is 329 g/mol. The van der Waals surface area contributed by atoms with Crippen LogP contribution >= 0.6 is 0 Å². The third kappa shape index (κ3) is 2.61. The van der Waals surface area contributed by atoms with Gasteiger partial charge in [-0.05, 0) is 55.2 Å². The highest BCUT2D eigenvalue weighted by molar-refractivity contribution is 5.64. The van der Waals surface area contributed by atoms with Crippen LogP contribution in [0.25, 0.3) is 22.8 Å². The summed E-state index contributed by atoms with van der Waals surface area (Å²) in [5.74, 6) is 0.466. The first-order valence-electron chi connectivity index (χ1n) is 8.85. The van der Waals surface area contributed by atoms with E-state index in [1.165, 1.54) is 18.4 Å². The Balaban J connectivity index is 1.64. The lowest BCUT2D eigenvalue weighted by atomic mass is 9.82. The minimum atomic E-state index is 0.466. The van der Waals surface area contributed by atoms with Gasteiger partial charge in [-0.15, -0.1) is 10.2 Å². The first-order chi connectivity index (χ1) is 12.4. The molecule has 0 amide bonds. The lowest BCUT2D eigenvalue weighted by Crippen LogP contribution is -2.22. The fourth-order valence-corrected chi connectivity index (χ4v) is 4.20. The van der Waals surface area contributed by atoms with Gasteiger partial charge < -0.3 is 5.32 Å². The fraction of sp³-hybridized carbons (Fsp3) is 0.300. The molecule has 5 nitrogen and oxygen atoms in total. The number of rotatable bonds is 3. The Morgan fingerprint density at radius 1 is 0.840 bits per heavy atom. The highest BCUT2D eigenvalue weighted by Crippen LogP contribution is 2.43. The van der Waals surface area contributed by atoms with Gasteiger partial charge in [0.1, 0.15) is 11.4 Å². The molecular formula is C20H19N5. The lowest BCUT2D eigenvalue weighted by molar-refractivity contribution is 0.505. The van der Waals surface area contributed by atoms with Gasteiger partial charge in [-0.1, -0.05) is 12.1 Å². The molecule has 2 bridgehead atoms. The first kappa shape index (κ1) is 14.7. The van der Waals surface area contributed by atoms with Crippen LogP contribution in [0, 0.1) is 0 Å². The van der Waals surface area contributed by atoms with E-state index in [0.717, 1.165) is 29.2 Å². The van der Waals surface area contributed by atoms with Crippen molar-refractivity contribution >= 4 is 0 Å². The minimum Gasteiger partial charge on any atom is -0.311 e. The van der Waals surface area contributed by atoms with Crippen molar-refractivity contribution in [3.8, 4) is 22.8 Å². The SMILES string of the molecule is c1ccc(-c2cc([C@H]3C[C@@H]4CC[C@H]3N4)c(-c3ccccn3)nn2)nc1. The van der Waals surface area contributed by atoms with Crippen molar-refractivity contribution in [2.45, 2.75) is 37.3 Å². The smallest absolute Gasteiger partial charge is 0.115 e. The van der Waals surface area contributed by atoms with E-state index in [1.807, 2.05) is 42.6 Å². The number of fused-ring (bicyclic) bond motifs is 2. The van der Waals surface area contributed by atoms with E-state index in [-0.39, 0.29) is 0 Å². The van der Waals surface area contributed by atoms with Gasteiger partial charge in [-0.3, -0.25) is 9.97 Å². The van der Waals surface area contributed by atoms with E-state index in [2.05, 4.69) is 31.5 Å². The predicted molar refractivity (Wildman–Crippen MR) is 95.8 cm³/mol. The molecule has 5 rings (SSSR count). The van der Waals surface area contributed by atoms with E-state index in [0.29, 0.717) is 18.0 Å². The molecule has 25 heavy (non-hydrogen) atoms. The standard InChI is InChI=1S/C20H19N5/c1-3-9-21-17(5-1)19-12-15(14-11-13-7-8-16(14)23-13)20(25-24-19)18-6-2-4-10-22-18/h1-6,9-10,12-14,16,23H,7-8,11H2/t13-,14+,16+/m0/s1. The second-order valence-corrected chi connectivity index (χ2v) is 6.85. The van der Waals surface area contributed by atoms with Gasteiger partial charge in [0.2, 0.25) is 0 Å². The van der Waals surface area contributed by atoms with Crippen molar-refractivity contribution in [3.05, 3.63) is 60.4 Å². The summed E-state index contributed by atoms with van der Waals surface area (Å²) in [6.45, 7) is 0. The molecule has 0 aliphatic carbocycles. The monoisotopic (exact) mass is 329 g/mol. The zero-order valence-corrected chi connectivity index (χ0v) is 13.8. The van der Waals surface area contributed by atoms with Crippen molar-refractivity contribution in [2.24, 2.45) is 0 Å². The summed E-state index contributed by atoms with van der Waals surface area (Å²) >= 11 is 0. The molecule has 2 aliphatic heterocycles. The van der Waals surface area contributed by atoms with Crippen LogP contribution in [0.2, 0.25) is 0 Å². The van der Waals surface area contributed by atoms with Crippen LogP contribution in [0.1, 0.15) is 30.7 Å². The van der Waals surface area contributed by atoms with Crippen LogP contribution in [0.4, 0.5) is 0 Å². The summed E-state index contributed by atoms with van der Waals surface area (Å²) in [6, 6.07) is 15.2. The third-order valence-corrected chi connectivity index (χ3v) is 5.36. The summed E-state index contributed by atoms with van der Waals surface area (Å²) in [7, 11) is 0. The van der Waals surface area contributed by atoms with Gasteiger partial charge in [0.25, 0.3) is 0 Å². The minimum absolute atomic E-state index is 0.466. The maximum Gasteiger partial charge on any atom is 0.115 e. The van der Waals surface area contributed by atoms with Crippen LogP contribution in [-0.2, 0) is 0 Å². The van der Waals surface area contributed by atoms with E-state index >= 15 is 0 Å². The Kier molecular flexibility index (Phi) is 3.52. The van der Waals surface area contributed by atoms with Crippen molar-refractivity contribution in [3.63, 3.8) is 0 Å². The van der Waals surface area contributed by atoms with Crippen LogP contribution in [0.15, 0.2) is 54.9 Å². The first-order valence-corrected chi connectivity index (χ1v) is 8.85. The molecule has 2 saturated heterocycles. The Morgan fingerprint density at radius 2 is 1.64 bits per heavy atom. The number of hydrogen-bond donors (Lipinski definition) is 1. The average Bonchev–Trinajstić information content (AvgIpc) is 3.32. The molecule has 124 valence electrons. The molecule has 0 aromatic carbocycles. The molecule has 3 atom stereocenters. The molecule has 1 N–H and O–H groups in total. The number of aromatic nitrogens is 4. The molecule has 3 aromatic heterocycles. The van der Waals surface area contributed by atoms with Crippen LogP contribution in [0.3, 0.4) is 0 Å². The quantitative estimate of drug-likeness (QED) is 0.799. The normalized spacial score (nSPS) is 24.6. The zero-order chi connectivity index (χ0) is 16.6. The largest absolute Gasteiger partial charge is 0.311 e. The van der Waals surface area contributed by atoms with E-state index in [9.17, 15) is 0 Å². The molecule has 5 heterocycles. The summed E-state index contributed by atoms with van der Waals surface area (Å²) in [4.78, 5) is 8.94. The molecule has 3 aromatic rings. The van der Waals surface area contributed by atoms with Gasteiger partial charge in [0, 0.05) is 30.4 Å². The number of hydrogen-bond acceptors (Lipinski definition) is 5. The predicted octanol–water partition coefficient (Wildman–Crippen LogP) is 3.21. The lowest BCUT2D eigenvalue weighted by Gasteiger charge is -2.22. The third-order valence-electron chi connectivity index (χ3n) is 5.36. The Hall–Kier alpha value is -2.66. The summed E-state index contributed by atoms with van der Waals surface area (Å²) in [5, 5.41) is 12.7. The molecule has 0 unspecified atom stereocenters. The van der Waals surface area contributed by atoms with Crippen LogP contribution in [0.5, 0.6) is 0 Å². The highest BCUT2D eigenvalue weighted by atomic mass is 15.1. The number of nitrogens with zero attached hydrogens (tertiary/aromatic N) is 4. The van der Waals surface area contributed by atoms with E-state index in [1.54, 1.807) is 6.20 Å². The number of pyridine rings is 2. The van der Waals surface area contributed by atoms with Gasteiger partial charge in [0.05, 0.1) is 11.4 Å². The maximum absolute atomic E-state index is 4.57. The Morgan fingerprint density at radius 3 is 2.28 bits per heavy atom. The maximum atomic E-state index is 4.57. The molecule has 0 radical (unpaired) electrons.